The first-order valence-corrected chi connectivity index (χ1v) is 16.1. The molecule has 6 atom stereocenters. The van der Waals surface area contributed by atoms with Crippen LogP contribution in [0.1, 0.15) is 74.3 Å². The Bertz CT molecular complexity index is 1470. The van der Waals surface area contributed by atoms with Gasteiger partial charge in [0.25, 0.3) is 0 Å². The standard InChI is InChI=1S/C30H37F5N4O6S/c1-4-6-20-16(5-2)23(37-45-20)27(29(42)7-9-30(34,35)10-8-29)46-28-26(43-3)24(25(41)21(14-40)44-28)39-13-19(36-38-39)15-11-17(31)22(33)18(32)12-15/h11-13,21,24-28,40-42H,4-10,14H2,1-3H3/t21-,24+,25+,26-,27?,28+/m1/s1. The molecule has 3 N–H and O–H groups in total. The topological polar surface area (TPSA) is 136 Å². The number of hydrogen-bond acceptors (Lipinski definition) is 10. The molecular weight excluding hydrogens is 639 g/mol. The molecule has 3 heterocycles. The van der Waals surface area contributed by atoms with Crippen molar-refractivity contribution in [3.05, 3.63) is 52.8 Å². The van der Waals surface area contributed by atoms with Crippen molar-refractivity contribution in [2.45, 2.75) is 105 Å². The number of aliphatic hydroxyl groups excluding tert-OH is 2. The number of thioether (sulfide) groups is 1. The van der Waals surface area contributed by atoms with E-state index in [0.717, 1.165) is 35.9 Å². The highest BCUT2D eigenvalue weighted by Gasteiger charge is 2.53. The second kappa shape index (κ2) is 13.8. The Kier molecular flexibility index (Phi) is 10.4. The number of alkyl halides is 2. The first-order chi connectivity index (χ1) is 21.9. The molecule has 16 heteroatoms. The lowest BCUT2D eigenvalue weighted by atomic mass is 9.79. The van der Waals surface area contributed by atoms with Crippen LogP contribution in [0.15, 0.2) is 22.9 Å². The largest absolute Gasteiger partial charge is 0.394 e. The predicted molar refractivity (Wildman–Crippen MR) is 155 cm³/mol. The number of aromatic nitrogens is 4. The van der Waals surface area contributed by atoms with Crippen LogP contribution in [0.2, 0.25) is 0 Å². The maximum atomic E-state index is 14.3. The van der Waals surface area contributed by atoms with Gasteiger partial charge < -0.3 is 29.3 Å². The summed E-state index contributed by atoms with van der Waals surface area (Å²) in [5.74, 6) is -6.78. The Morgan fingerprint density at radius 1 is 1.13 bits per heavy atom. The van der Waals surface area contributed by atoms with Crippen molar-refractivity contribution in [3.8, 4) is 11.3 Å². The highest BCUT2D eigenvalue weighted by Crippen LogP contribution is 2.53. The lowest BCUT2D eigenvalue weighted by Gasteiger charge is -2.46. The maximum absolute atomic E-state index is 14.3. The van der Waals surface area contributed by atoms with E-state index in [9.17, 15) is 37.3 Å². The van der Waals surface area contributed by atoms with E-state index in [1.165, 1.54) is 18.0 Å². The van der Waals surface area contributed by atoms with E-state index < -0.39 is 83.5 Å². The zero-order valence-corrected chi connectivity index (χ0v) is 26.3. The molecule has 1 aliphatic carbocycles. The summed E-state index contributed by atoms with van der Waals surface area (Å²) in [6.07, 6.45) is -2.04. The molecule has 2 aromatic heterocycles. The average Bonchev–Trinajstić information content (AvgIpc) is 3.67. The quantitative estimate of drug-likeness (QED) is 0.190. The van der Waals surface area contributed by atoms with Crippen LogP contribution in [-0.4, -0.2) is 84.5 Å². The van der Waals surface area contributed by atoms with E-state index in [0.29, 0.717) is 24.3 Å². The van der Waals surface area contributed by atoms with Gasteiger partial charge in [-0.3, -0.25) is 0 Å². The van der Waals surface area contributed by atoms with E-state index in [1.807, 2.05) is 13.8 Å². The summed E-state index contributed by atoms with van der Waals surface area (Å²) >= 11 is 1.06. The molecule has 10 nitrogen and oxygen atoms in total. The van der Waals surface area contributed by atoms with Crippen LogP contribution in [0.25, 0.3) is 11.3 Å². The Morgan fingerprint density at radius 2 is 1.80 bits per heavy atom. The Hall–Kier alpha value is -2.63. The monoisotopic (exact) mass is 676 g/mol. The lowest BCUT2D eigenvalue weighted by Crippen LogP contribution is -2.56. The molecule has 1 aliphatic heterocycles. The molecule has 0 amide bonds. The number of nitrogens with zero attached hydrogens (tertiary/aromatic N) is 4. The second-order valence-electron chi connectivity index (χ2n) is 11.8. The van der Waals surface area contributed by atoms with Crippen molar-refractivity contribution in [1.29, 1.82) is 0 Å². The Labute approximate surface area is 266 Å². The minimum atomic E-state index is -2.93. The van der Waals surface area contributed by atoms with E-state index in [1.54, 1.807) is 0 Å². The molecule has 1 saturated heterocycles. The van der Waals surface area contributed by atoms with Crippen molar-refractivity contribution in [2.24, 2.45) is 0 Å². The third kappa shape index (κ3) is 6.69. The lowest BCUT2D eigenvalue weighted by molar-refractivity contribution is -0.186. The number of hydrogen-bond donors (Lipinski definition) is 3. The zero-order valence-electron chi connectivity index (χ0n) is 25.5. The molecule has 1 aromatic carbocycles. The van der Waals surface area contributed by atoms with E-state index in [-0.39, 0.29) is 24.1 Å². The third-order valence-corrected chi connectivity index (χ3v) is 10.4. The fraction of sp³-hybridized carbons (Fsp3) is 0.633. The van der Waals surface area contributed by atoms with E-state index >= 15 is 0 Å². The van der Waals surface area contributed by atoms with Gasteiger partial charge in [0.2, 0.25) is 5.92 Å². The van der Waals surface area contributed by atoms with E-state index in [2.05, 4.69) is 15.5 Å². The van der Waals surface area contributed by atoms with Crippen LogP contribution in [0.4, 0.5) is 22.0 Å². The summed E-state index contributed by atoms with van der Waals surface area (Å²) in [6.45, 7) is 3.25. The molecule has 2 fully saturated rings. The number of aliphatic hydroxyl groups is 3. The van der Waals surface area contributed by atoms with Gasteiger partial charge in [0.15, 0.2) is 17.5 Å². The van der Waals surface area contributed by atoms with Crippen LogP contribution in [0.5, 0.6) is 0 Å². The molecule has 254 valence electrons. The normalized spacial score (nSPS) is 26.7. The Morgan fingerprint density at radius 3 is 2.39 bits per heavy atom. The Balaban J connectivity index is 1.53. The van der Waals surface area contributed by atoms with Gasteiger partial charge >= 0.3 is 0 Å². The minimum absolute atomic E-state index is 0.0370. The van der Waals surface area contributed by atoms with Gasteiger partial charge in [0.05, 0.1) is 23.7 Å². The maximum Gasteiger partial charge on any atom is 0.248 e. The SMILES string of the molecule is CCCc1onc(C(S[C@@H]2O[C@H](CO)[C@H](O)[C@H](n3cc(-c4cc(F)c(F)c(F)c4)nn3)[C@H]2OC)C2(O)CCC(F)(F)CC2)c1CC. The van der Waals surface area contributed by atoms with Crippen LogP contribution in [0.3, 0.4) is 0 Å². The molecule has 46 heavy (non-hydrogen) atoms. The second-order valence-corrected chi connectivity index (χ2v) is 13.0. The van der Waals surface area contributed by atoms with Gasteiger partial charge in [0.1, 0.15) is 46.9 Å². The van der Waals surface area contributed by atoms with Crippen LogP contribution < -0.4 is 0 Å². The van der Waals surface area contributed by atoms with Crippen molar-refractivity contribution in [2.75, 3.05) is 13.7 Å². The highest BCUT2D eigenvalue weighted by atomic mass is 32.2. The van der Waals surface area contributed by atoms with Crippen molar-refractivity contribution >= 4 is 11.8 Å². The summed E-state index contributed by atoms with van der Waals surface area (Å²) < 4.78 is 88.8. The predicted octanol–water partition coefficient (Wildman–Crippen LogP) is 4.91. The average molecular weight is 677 g/mol. The highest BCUT2D eigenvalue weighted by molar-refractivity contribution is 8.00. The fourth-order valence-corrected chi connectivity index (χ4v) is 7.94. The number of ether oxygens (including phenoxy) is 2. The molecule has 2 aliphatic rings. The van der Waals surface area contributed by atoms with Crippen molar-refractivity contribution in [3.63, 3.8) is 0 Å². The van der Waals surface area contributed by atoms with E-state index in [4.69, 9.17) is 14.0 Å². The van der Waals surface area contributed by atoms with Gasteiger partial charge in [-0.25, -0.2) is 26.6 Å². The van der Waals surface area contributed by atoms with Crippen molar-refractivity contribution < 1.29 is 51.3 Å². The minimum Gasteiger partial charge on any atom is -0.394 e. The number of aryl methyl sites for hydroxylation is 1. The van der Waals surface area contributed by atoms with Gasteiger partial charge in [-0.1, -0.05) is 24.2 Å². The summed E-state index contributed by atoms with van der Waals surface area (Å²) in [6, 6.07) is 0.422. The number of rotatable bonds is 11. The molecule has 5 rings (SSSR count). The summed E-state index contributed by atoms with van der Waals surface area (Å²) in [5, 5.41) is 44.8. The molecular formula is C30H37F5N4O6S. The summed E-state index contributed by atoms with van der Waals surface area (Å²) in [7, 11) is 1.35. The summed E-state index contributed by atoms with van der Waals surface area (Å²) in [5.41, 5.74) is -1.67. The third-order valence-electron chi connectivity index (χ3n) is 8.78. The number of benzene rings is 1. The molecule has 1 saturated carbocycles. The number of halogens is 5. The smallest absolute Gasteiger partial charge is 0.248 e. The van der Waals surface area contributed by atoms with Crippen LogP contribution >= 0.6 is 11.8 Å². The summed E-state index contributed by atoms with van der Waals surface area (Å²) in [4.78, 5) is 0. The first kappa shape index (κ1) is 34.7. The first-order valence-electron chi connectivity index (χ1n) is 15.1. The van der Waals surface area contributed by atoms with Crippen molar-refractivity contribution in [1.82, 2.24) is 20.2 Å². The zero-order chi connectivity index (χ0) is 33.4. The molecule has 1 unspecified atom stereocenters. The number of methoxy groups -OCH3 is 1. The van der Waals surface area contributed by atoms with Gasteiger partial charge in [0, 0.05) is 37.5 Å². The molecule has 0 spiro atoms. The molecule has 0 bridgehead atoms. The van der Waals surface area contributed by atoms with Gasteiger partial charge in [-0.05, 0) is 37.8 Å². The van der Waals surface area contributed by atoms with Crippen LogP contribution in [-0.2, 0) is 22.3 Å². The van der Waals surface area contributed by atoms with Gasteiger partial charge in [-0.15, -0.1) is 16.9 Å². The molecule has 0 radical (unpaired) electrons. The molecule has 3 aromatic rings. The fourth-order valence-electron chi connectivity index (χ4n) is 6.24. The van der Waals surface area contributed by atoms with Gasteiger partial charge in [-0.2, -0.15) is 0 Å². The van der Waals surface area contributed by atoms with Crippen LogP contribution in [0, 0.1) is 17.5 Å².